The predicted molar refractivity (Wildman–Crippen MR) is 145 cm³/mol. The fourth-order valence-corrected chi connectivity index (χ4v) is 5.89. The van der Waals surface area contributed by atoms with E-state index in [-0.39, 0.29) is 17.5 Å². The van der Waals surface area contributed by atoms with Crippen LogP contribution < -0.4 is 20.7 Å². The molecule has 36 heavy (non-hydrogen) atoms. The number of nitrogen functional groups attached to an aromatic ring is 1. The molecule has 0 fully saturated rings. The second-order valence-corrected chi connectivity index (χ2v) is 10.8. The van der Waals surface area contributed by atoms with E-state index in [4.69, 9.17) is 5.73 Å². The van der Waals surface area contributed by atoms with Crippen molar-refractivity contribution in [3.8, 4) is 21.0 Å². The molecule has 0 bridgehead atoms. The molecule has 1 aromatic heterocycles. The van der Waals surface area contributed by atoms with Gasteiger partial charge in [-0.25, -0.2) is 22.9 Å². The number of nitrogens with one attached hydrogen (secondary N) is 2. The molecule has 0 unspecified atom stereocenters. The molecule has 4 N–H and O–H groups in total. The average Bonchev–Trinajstić information content (AvgIpc) is 3.37. The highest BCUT2D eigenvalue weighted by Crippen LogP contribution is 2.37. The normalized spacial score (nSPS) is 11.3. The molecule has 10 heteroatoms. The first-order valence-electron chi connectivity index (χ1n) is 11.3. The predicted octanol–water partition coefficient (Wildman–Crippen LogP) is 4.70. The number of hydrogen-bond acceptors (Lipinski definition) is 6. The van der Waals surface area contributed by atoms with Crippen LogP contribution >= 0.6 is 11.3 Å². The summed E-state index contributed by atoms with van der Waals surface area (Å²) in [7, 11) is -2.23. The maximum absolute atomic E-state index is 13.1. The van der Waals surface area contributed by atoms with Crippen molar-refractivity contribution in [2.45, 2.75) is 18.4 Å². The number of hydrogen-bond donors (Lipinski definition) is 3. The number of aromatic nitrogens is 1. The number of rotatable bonds is 8. The molecule has 0 saturated heterocycles. The Kier molecular flexibility index (Phi) is 7.68. The zero-order valence-corrected chi connectivity index (χ0v) is 21.6. The Bertz CT molecular complexity index is 1450. The summed E-state index contributed by atoms with van der Waals surface area (Å²) < 4.78 is 28.8. The van der Waals surface area contributed by atoms with Crippen LogP contribution in [0.2, 0.25) is 0 Å². The van der Waals surface area contributed by atoms with Crippen LogP contribution in [0.4, 0.5) is 16.2 Å². The highest BCUT2D eigenvalue weighted by Gasteiger charge is 2.23. The van der Waals surface area contributed by atoms with Gasteiger partial charge in [-0.3, -0.25) is 4.90 Å². The highest BCUT2D eigenvalue weighted by molar-refractivity contribution is 7.89. The number of urea groups is 1. The summed E-state index contributed by atoms with van der Waals surface area (Å²) in [4.78, 5) is 19.4. The first-order valence-corrected chi connectivity index (χ1v) is 13.6. The SMILES string of the molecule is CCNS(=O)(=O)c1cc(N(C)C(=O)NCc2ccccc2)ccc1-c1cnc(-c2ccc(N)cc2)s1. The van der Waals surface area contributed by atoms with Gasteiger partial charge in [0.05, 0.1) is 9.77 Å². The van der Waals surface area contributed by atoms with Gasteiger partial charge in [-0.2, -0.15) is 0 Å². The van der Waals surface area contributed by atoms with E-state index in [2.05, 4.69) is 15.0 Å². The largest absolute Gasteiger partial charge is 0.399 e. The van der Waals surface area contributed by atoms with Crippen LogP contribution in [0.1, 0.15) is 12.5 Å². The monoisotopic (exact) mass is 521 g/mol. The van der Waals surface area contributed by atoms with Crippen LogP contribution in [0, 0.1) is 0 Å². The Morgan fingerprint density at radius 2 is 1.78 bits per heavy atom. The minimum absolute atomic E-state index is 0.0806. The van der Waals surface area contributed by atoms with Gasteiger partial charge in [0.25, 0.3) is 0 Å². The topological polar surface area (TPSA) is 117 Å². The second-order valence-electron chi connectivity index (χ2n) is 8.04. The molecule has 0 aliphatic carbocycles. The number of amides is 2. The van der Waals surface area contributed by atoms with Gasteiger partial charge < -0.3 is 11.1 Å². The standard InChI is InChI=1S/C26H27N5O3S2/c1-3-30-36(33,34)24-15-21(31(2)26(32)29-16-18-7-5-4-6-8-18)13-14-22(24)23-17-28-25(35-23)19-9-11-20(27)12-10-19/h4-15,17,30H,3,16,27H2,1-2H3,(H,29,32). The van der Waals surface area contributed by atoms with Gasteiger partial charge in [-0.05, 0) is 42.0 Å². The maximum Gasteiger partial charge on any atom is 0.321 e. The third kappa shape index (κ3) is 5.73. The van der Waals surface area contributed by atoms with Crippen LogP contribution in [-0.4, -0.2) is 33.0 Å². The number of carbonyl (C=O) groups excluding carboxylic acids is 1. The zero-order chi connectivity index (χ0) is 25.7. The summed E-state index contributed by atoms with van der Waals surface area (Å²) in [5.74, 6) is 0. The minimum Gasteiger partial charge on any atom is -0.399 e. The van der Waals surface area contributed by atoms with E-state index in [9.17, 15) is 13.2 Å². The van der Waals surface area contributed by atoms with Crippen LogP contribution in [0.3, 0.4) is 0 Å². The molecule has 0 saturated carbocycles. The molecule has 4 rings (SSSR count). The molecule has 1 heterocycles. The van der Waals surface area contributed by atoms with E-state index in [1.165, 1.54) is 22.3 Å². The lowest BCUT2D eigenvalue weighted by Crippen LogP contribution is -2.37. The number of carbonyl (C=O) groups is 1. The first-order chi connectivity index (χ1) is 17.3. The van der Waals surface area contributed by atoms with Crippen molar-refractivity contribution in [2.75, 3.05) is 24.2 Å². The number of sulfonamides is 1. The van der Waals surface area contributed by atoms with Crippen LogP contribution in [0.25, 0.3) is 21.0 Å². The zero-order valence-electron chi connectivity index (χ0n) is 19.9. The maximum atomic E-state index is 13.1. The van der Waals surface area contributed by atoms with Crippen molar-refractivity contribution >= 4 is 38.8 Å². The minimum atomic E-state index is -3.83. The van der Waals surface area contributed by atoms with E-state index >= 15 is 0 Å². The van der Waals surface area contributed by atoms with Gasteiger partial charge in [-0.1, -0.05) is 43.3 Å². The summed E-state index contributed by atoms with van der Waals surface area (Å²) >= 11 is 1.38. The molecule has 0 radical (unpaired) electrons. The van der Waals surface area contributed by atoms with Crippen molar-refractivity contribution in [3.63, 3.8) is 0 Å². The number of nitrogens with two attached hydrogens (primary N) is 1. The lowest BCUT2D eigenvalue weighted by atomic mass is 10.1. The van der Waals surface area contributed by atoms with Crippen molar-refractivity contribution < 1.29 is 13.2 Å². The Balaban J connectivity index is 1.65. The molecule has 0 atom stereocenters. The Hall–Kier alpha value is -3.73. The lowest BCUT2D eigenvalue weighted by Gasteiger charge is -2.20. The van der Waals surface area contributed by atoms with Crippen molar-refractivity contribution in [1.29, 1.82) is 0 Å². The second kappa shape index (κ2) is 10.9. The first kappa shape index (κ1) is 25.4. The Morgan fingerprint density at radius 3 is 2.47 bits per heavy atom. The molecular formula is C26H27N5O3S2. The quantitative estimate of drug-likeness (QED) is 0.291. The smallest absolute Gasteiger partial charge is 0.321 e. The molecular weight excluding hydrogens is 494 g/mol. The molecule has 2 amide bonds. The summed E-state index contributed by atoms with van der Waals surface area (Å²) in [6, 6.07) is 21.5. The van der Waals surface area contributed by atoms with Crippen LogP contribution in [0.15, 0.2) is 83.9 Å². The summed E-state index contributed by atoms with van der Waals surface area (Å²) in [6.45, 7) is 2.31. The van der Waals surface area contributed by atoms with Gasteiger partial charge in [-0.15, -0.1) is 11.3 Å². The van der Waals surface area contributed by atoms with Crippen LogP contribution in [0.5, 0.6) is 0 Å². The van der Waals surface area contributed by atoms with E-state index in [0.29, 0.717) is 28.4 Å². The highest BCUT2D eigenvalue weighted by atomic mass is 32.2. The molecule has 186 valence electrons. The van der Waals surface area contributed by atoms with E-state index in [0.717, 1.165) is 16.1 Å². The Morgan fingerprint density at radius 1 is 1.06 bits per heavy atom. The number of anilines is 2. The van der Waals surface area contributed by atoms with E-state index in [1.807, 2.05) is 42.5 Å². The third-order valence-electron chi connectivity index (χ3n) is 5.50. The van der Waals surface area contributed by atoms with Gasteiger partial charge in [0.15, 0.2) is 0 Å². The molecule has 3 aromatic carbocycles. The summed E-state index contributed by atoms with van der Waals surface area (Å²) in [6.07, 6.45) is 1.66. The average molecular weight is 522 g/mol. The molecule has 4 aromatic rings. The van der Waals surface area contributed by atoms with Gasteiger partial charge in [0.2, 0.25) is 10.0 Å². The fraction of sp³-hybridized carbons (Fsp3) is 0.154. The number of nitrogens with zero attached hydrogens (tertiary/aromatic N) is 2. The number of thiazole rings is 1. The van der Waals surface area contributed by atoms with Crippen molar-refractivity contribution in [1.82, 2.24) is 15.0 Å². The summed E-state index contributed by atoms with van der Waals surface area (Å²) in [5.41, 5.74) is 9.25. The van der Waals surface area contributed by atoms with Gasteiger partial charge in [0, 0.05) is 48.8 Å². The van der Waals surface area contributed by atoms with E-state index in [1.54, 1.807) is 44.4 Å². The van der Waals surface area contributed by atoms with Gasteiger partial charge >= 0.3 is 6.03 Å². The lowest BCUT2D eigenvalue weighted by molar-refractivity contribution is 0.247. The molecule has 0 aliphatic heterocycles. The van der Waals surface area contributed by atoms with E-state index < -0.39 is 10.0 Å². The molecule has 0 aliphatic rings. The fourth-order valence-electron chi connectivity index (χ4n) is 3.58. The summed E-state index contributed by atoms with van der Waals surface area (Å²) in [5, 5.41) is 3.61. The van der Waals surface area contributed by atoms with Crippen LogP contribution in [-0.2, 0) is 16.6 Å². The Labute approximate surface area is 214 Å². The van der Waals surface area contributed by atoms with Crippen molar-refractivity contribution in [3.05, 3.63) is 84.6 Å². The van der Waals surface area contributed by atoms with Crippen molar-refractivity contribution in [2.24, 2.45) is 0 Å². The molecule has 0 spiro atoms. The number of benzene rings is 3. The third-order valence-corrected chi connectivity index (χ3v) is 8.16. The molecule has 8 nitrogen and oxygen atoms in total. The van der Waals surface area contributed by atoms with Gasteiger partial charge in [0.1, 0.15) is 5.01 Å².